The van der Waals surface area contributed by atoms with E-state index in [-0.39, 0.29) is 0 Å². The zero-order valence-electron chi connectivity index (χ0n) is 13.2. The standard InChI is InChI=1S/C14H20N2O4S2/c1-7(2)6-15-14(21)16-11-9(12(17)19-4)8(3)10(22-11)13(18)20-5/h7H,6H2,1-5H3,(H2,15,16,21). The second-order valence-electron chi connectivity index (χ2n) is 4.97. The lowest BCUT2D eigenvalue weighted by Crippen LogP contribution is -2.31. The van der Waals surface area contributed by atoms with E-state index in [1.165, 1.54) is 14.2 Å². The van der Waals surface area contributed by atoms with Gasteiger partial charge in [-0.2, -0.15) is 0 Å². The Balaban J connectivity index is 3.09. The van der Waals surface area contributed by atoms with Crippen molar-refractivity contribution in [2.45, 2.75) is 20.8 Å². The zero-order valence-corrected chi connectivity index (χ0v) is 14.9. The van der Waals surface area contributed by atoms with Gasteiger partial charge in [-0.15, -0.1) is 11.3 Å². The van der Waals surface area contributed by atoms with Gasteiger partial charge in [0, 0.05) is 6.54 Å². The predicted molar refractivity (Wildman–Crippen MR) is 90.8 cm³/mol. The van der Waals surface area contributed by atoms with Gasteiger partial charge in [-0.25, -0.2) is 9.59 Å². The molecule has 0 spiro atoms. The van der Waals surface area contributed by atoms with E-state index in [4.69, 9.17) is 21.7 Å². The lowest BCUT2D eigenvalue weighted by atomic mass is 10.1. The minimum atomic E-state index is -0.530. The third kappa shape index (κ3) is 4.41. The molecular weight excluding hydrogens is 324 g/mol. The number of thiophene rings is 1. The molecular formula is C14H20N2O4S2. The number of esters is 2. The van der Waals surface area contributed by atoms with Crippen LogP contribution >= 0.6 is 23.6 Å². The topological polar surface area (TPSA) is 76.7 Å². The number of anilines is 1. The van der Waals surface area contributed by atoms with Crippen molar-refractivity contribution >= 4 is 45.6 Å². The van der Waals surface area contributed by atoms with Crippen LogP contribution in [-0.2, 0) is 9.47 Å². The molecule has 0 amide bonds. The Morgan fingerprint density at radius 3 is 2.32 bits per heavy atom. The third-order valence-electron chi connectivity index (χ3n) is 2.81. The highest BCUT2D eigenvalue weighted by Crippen LogP contribution is 2.34. The molecule has 0 unspecified atom stereocenters. The van der Waals surface area contributed by atoms with Crippen LogP contribution in [0.4, 0.5) is 5.00 Å². The molecule has 0 aliphatic carbocycles. The maximum atomic E-state index is 12.0. The molecule has 0 aliphatic heterocycles. The summed E-state index contributed by atoms with van der Waals surface area (Å²) >= 11 is 6.31. The van der Waals surface area contributed by atoms with E-state index in [1.54, 1.807) is 6.92 Å². The van der Waals surface area contributed by atoms with Crippen molar-refractivity contribution in [2.75, 3.05) is 26.1 Å². The Kier molecular flexibility index (Phi) is 6.76. The number of carbonyl (C=O) groups excluding carboxylic acids is 2. The van der Waals surface area contributed by atoms with Crippen LogP contribution in [0.5, 0.6) is 0 Å². The molecule has 1 heterocycles. The fourth-order valence-corrected chi connectivity index (χ4v) is 3.05. The van der Waals surface area contributed by atoms with Gasteiger partial charge in [0.05, 0.1) is 19.8 Å². The molecule has 0 radical (unpaired) electrons. The predicted octanol–water partition coefficient (Wildman–Crippen LogP) is 2.57. The van der Waals surface area contributed by atoms with Gasteiger partial charge in [0.2, 0.25) is 0 Å². The van der Waals surface area contributed by atoms with E-state index in [2.05, 4.69) is 24.5 Å². The molecule has 2 N–H and O–H groups in total. The monoisotopic (exact) mass is 344 g/mol. The molecule has 0 aliphatic rings. The summed E-state index contributed by atoms with van der Waals surface area (Å²) in [7, 11) is 2.58. The van der Waals surface area contributed by atoms with Gasteiger partial charge >= 0.3 is 11.9 Å². The normalized spacial score (nSPS) is 10.3. The third-order valence-corrected chi connectivity index (χ3v) is 4.24. The molecule has 1 aromatic heterocycles. The van der Waals surface area contributed by atoms with E-state index < -0.39 is 11.9 Å². The van der Waals surface area contributed by atoms with Crippen LogP contribution in [0.1, 0.15) is 39.4 Å². The van der Waals surface area contributed by atoms with Crippen molar-refractivity contribution < 1.29 is 19.1 Å². The molecule has 8 heteroatoms. The molecule has 122 valence electrons. The number of thiocarbonyl (C=S) groups is 1. The van der Waals surface area contributed by atoms with Gasteiger partial charge in [0.1, 0.15) is 9.88 Å². The average molecular weight is 344 g/mol. The maximum absolute atomic E-state index is 12.0. The van der Waals surface area contributed by atoms with Gasteiger partial charge in [0.15, 0.2) is 5.11 Å². The van der Waals surface area contributed by atoms with E-state index in [1.807, 2.05) is 0 Å². The highest BCUT2D eigenvalue weighted by Gasteiger charge is 2.26. The Labute approximate surface area is 139 Å². The van der Waals surface area contributed by atoms with Crippen molar-refractivity contribution in [1.29, 1.82) is 0 Å². The molecule has 0 atom stereocenters. The first-order valence-corrected chi connectivity index (χ1v) is 7.89. The Bertz CT molecular complexity index is 582. The SMILES string of the molecule is COC(=O)c1sc(NC(=S)NCC(C)C)c(C(=O)OC)c1C. The van der Waals surface area contributed by atoms with Crippen molar-refractivity contribution in [3.05, 3.63) is 16.0 Å². The van der Waals surface area contributed by atoms with Crippen molar-refractivity contribution in [2.24, 2.45) is 5.92 Å². The summed E-state index contributed by atoms with van der Waals surface area (Å²) in [6.45, 7) is 6.48. The molecule has 1 rings (SSSR count). The molecule has 0 fully saturated rings. The largest absolute Gasteiger partial charge is 0.465 e. The van der Waals surface area contributed by atoms with E-state index in [0.29, 0.717) is 38.6 Å². The summed E-state index contributed by atoms with van der Waals surface area (Å²) < 4.78 is 9.50. The van der Waals surface area contributed by atoms with Gasteiger partial charge < -0.3 is 20.1 Å². The average Bonchev–Trinajstić information content (AvgIpc) is 2.80. The highest BCUT2D eigenvalue weighted by molar-refractivity contribution is 7.80. The molecule has 0 aromatic carbocycles. The van der Waals surface area contributed by atoms with Crippen molar-refractivity contribution in [3.63, 3.8) is 0 Å². The Morgan fingerprint density at radius 2 is 1.82 bits per heavy atom. The number of rotatable bonds is 5. The second kappa shape index (κ2) is 8.09. The lowest BCUT2D eigenvalue weighted by Gasteiger charge is -2.12. The summed E-state index contributed by atoms with van der Waals surface area (Å²) in [5.74, 6) is -0.602. The molecule has 0 saturated heterocycles. The smallest absolute Gasteiger partial charge is 0.348 e. The van der Waals surface area contributed by atoms with Crippen LogP contribution in [0.25, 0.3) is 0 Å². The number of ether oxygens (including phenoxy) is 2. The molecule has 0 bridgehead atoms. The van der Waals surface area contributed by atoms with Crippen LogP contribution < -0.4 is 10.6 Å². The summed E-state index contributed by atoms with van der Waals surface area (Å²) in [5, 5.41) is 6.85. The van der Waals surface area contributed by atoms with Crippen molar-refractivity contribution in [1.82, 2.24) is 5.32 Å². The van der Waals surface area contributed by atoms with E-state index in [0.717, 1.165) is 11.3 Å². The maximum Gasteiger partial charge on any atom is 0.348 e. The number of hydrogen-bond donors (Lipinski definition) is 2. The highest BCUT2D eigenvalue weighted by atomic mass is 32.1. The van der Waals surface area contributed by atoms with Crippen LogP contribution in [0.15, 0.2) is 0 Å². The molecule has 0 saturated carbocycles. The number of methoxy groups -OCH3 is 2. The van der Waals surface area contributed by atoms with Gasteiger partial charge in [-0.3, -0.25) is 0 Å². The number of carbonyl (C=O) groups is 2. The van der Waals surface area contributed by atoms with Crippen LogP contribution in [0.2, 0.25) is 0 Å². The minimum absolute atomic E-state index is 0.293. The second-order valence-corrected chi connectivity index (χ2v) is 6.40. The lowest BCUT2D eigenvalue weighted by molar-refractivity contribution is 0.0601. The first-order valence-electron chi connectivity index (χ1n) is 6.66. The van der Waals surface area contributed by atoms with E-state index >= 15 is 0 Å². The van der Waals surface area contributed by atoms with Crippen LogP contribution in [0.3, 0.4) is 0 Å². The summed E-state index contributed by atoms with van der Waals surface area (Å²) in [6.07, 6.45) is 0. The number of hydrogen-bond acceptors (Lipinski definition) is 6. The summed E-state index contributed by atoms with van der Waals surface area (Å²) in [4.78, 5) is 24.1. The Morgan fingerprint density at radius 1 is 1.23 bits per heavy atom. The molecule has 1 aromatic rings. The number of nitrogens with one attached hydrogen (secondary N) is 2. The van der Waals surface area contributed by atoms with Gasteiger partial charge in [0.25, 0.3) is 0 Å². The minimum Gasteiger partial charge on any atom is -0.465 e. The fourth-order valence-electron chi connectivity index (χ4n) is 1.68. The van der Waals surface area contributed by atoms with Crippen molar-refractivity contribution in [3.8, 4) is 0 Å². The van der Waals surface area contributed by atoms with E-state index in [9.17, 15) is 9.59 Å². The zero-order chi connectivity index (χ0) is 16.9. The fraction of sp³-hybridized carbons (Fsp3) is 0.500. The summed E-state index contributed by atoms with van der Waals surface area (Å²) in [5.41, 5.74) is 0.805. The van der Waals surface area contributed by atoms with Crippen LogP contribution in [0, 0.1) is 12.8 Å². The van der Waals surface area contributed by atoms with Gasteiger partial charge in [-0.1, -0.05) is 13.8 Å². The van der Waals surface area contributed by atoms with Gasteiger partial charge in [-0.05, 0) is 30.6 Å². The quantitative estimate of drug-likeness (QED) is 0.628. The molecule has 22 heavy (non-hydrogen) atoms. The first-order chi connectivity index (χ1) is 10.3. The first kappa shape index (κ1) is 18.4. The summed E-state index contributed by atoms with van der Waals surface area (Å²) in [6, 6.07) is 0. The van der Waals surface area contributed by atoms with Crippen LogP contribution in [-0.4, -0.2) is 37.8 Å². The molecule has 6 nitrogen and oxygen atoms in total. The Hall–Kier alpha value is -1.67.